The lowest BCUT2D eigenvalue weighted by molar-refractivity contribution is -0.271. The zero-order valence-corrected chi connectivity index (χ0v) is 17.6. The Morgan fingerprint density at radius 1 is 0.839 bits per heavy atom. The van der Waals surface area contributed by atoms with Crippen LogP contribution in [0.4, 0.5) is 0 Å². The van der Waals surface area contributed by atoms with Crippen molar-refractivity contribution in [1.29, 1.82) is 0 Å². The summed E-state index contributed by atoms with van der Waals surface area (Å²) in [6, 6.07) is 15.9. The minimum absolute atomic E-state index is 0.182. The molecule has 1 heterocycles. The fourth-order valence-electron chi connectivity index (χ4n) is 3.12. The topological polar surface area (TPSA) is 125 Å². The van der Waals surface area contributed by atoms with Crippen molar-refractivity contribution < 1.29 is 41.5 Å². The van der Waals surface area contributed by atoms with E-state index < -0.39 is 52.8 Å². The molecule has 2 aromatic carbocycles. The summed E-state index contributed by atoms with van der Waals surface area (Å²) in [7, 11) is -4.00. The predicted molar refractivity (Wildman–Crippen MR) is 108 cm³/mol. The number of carbonyl (C=O) groups is 2. The molecular weight excluding hydrogens is 428 g/mol. The van der Waals surface area contributed by atoms with Crippen LogP contribution < -0.4 is 0 Å². The van der Waals surface area contributed by atoms with Crippen LogP contribution in [0, 0.1) is 0 Å². The molecule has 5 atom stereocenters. The Morgan fingerprint density at radius 2 is 1.29 bits per heavy atom. The molecule has 31 heavy (non-hydrogen) atoms. The average Bonchev–Trinajstić information content (AvgIpc) is 2.73. The van der Waals surface area contributed by atoms with E-state index in [2.05, 4.69) is 0 Å². The summed E-state index contributed by atoms with van der Waals surface area (Å²) in [6.45, 7) is 1.44. The van der Waals surface area contributed by atoms with E-state index in [-0.39, 0.29) is 11.1 Å². The monoisotopic (exact) mass is 450 g/mol. The van der Waals surface area contributed by atoms with Gasteiger partial charge in [0, 0.05) is 0 Å². The molecule has 3 rings (SSSR count). The van der Waals surface area contributed by atoms with E-state index in [4.69, 9.17) is 18.4 Å². The maximum Gasteiger partial charge on any atom is 0.338 e. The molecule has 0 unspecified atom stereocenters. The SMILES string of the molecule is C[C@H]1O[C@H](O)[C@H](OC(=O)c2ccccc2)[C@@H](OC(=O)c2ccccc2)[C@H]1OS(C)(=O)=O. The fourth-order valence-corrected chi connectivity index (χ4v) is 3.79. The molecule has 1 aliphatic heterocycles. The third-order valence-electron chi connectivity index (χ3n) is 4.54. The van der Waals surface area contributed by atoms with Crippen LogP contribution >= 0.6 is 0 Å². The number of aliphatic hydroxyl groups excluding tert-OH is 1. The molecule has 1 saturated heterocycles. The number of aliphatic hydroxyl groups is 1. The molecule has 9 nitrogen and oxygen atoms in total. The first-order chi connectivity index (χ1) is 14.7. The highest BCUT2D eigenvalue weighted by atomic mass is 32.2. The third kappa shape index (κ3) is 5.88. The number of esters is 2. The van der Waals surface area contributed by atoms with Gasteiger partial charge in [0.1, 0.15) is 6.10 Å². The van der Waals surface area contributed by atoms with Gasteiger partial charge in [-0.2, -0.15) is 8.42 Å². The zero-order chi connectivity index (χ0) is 22.6. The third-order valence-corrected chi connectivity index (χ3v) is 5.11. The first-order valence-corrected chi connectivity index (χ1v) is 11.2. The van der Waals surface area contributed by atoms with Crippen molar-refractivity contribution in [2.45, 2.75) is 37.6 Å². The number of rotatable bonds is 6. The average molecular weight is 450 g/mol. The molecular formula is C21H22O9S. The maximum absolute atomic E-state index is 12.6. The van der Waals surface area contributed by atoms with Gasteiger partial charge in [-0.3, -0.25) is 4.18 Å². The lowest BCUT2D eigenvalue weighted by Gasteiger charge is -2.41. The quantitative estimate of drug-likeness (QED) is 0.515. The van der Waals surface area contributed by atoms with Crippen molar-refractivity contribution in [3.05, 3.63) is 71.8 Å². The van der Waals surface area contributed by atoms with Gasteiger partial charge in [-0.15, -0.1) is 0 Å². The molecule has 0 bridgehead atoms. The van der Waals surface area contributed by atoms with Crippen molar-refractivity contribution in [3.63, 3.8) is 0 Å². The van der Waals surface area contributed by atoms with Gasteiger partial charge in [-0.05, 0) is 31.2 Å². The Labute approximate surface area is 179 Å². The van der Waals surface area contributed by atoms with Crippen LogP contribution in [-0.2, 0) is 28.5 Å². The van der Waals surface area contributed by atoms with E-state index in [0.717, 1.165) is 6.26 Å². The lowest BCUT2D eigenvalue weighted by Crippen LogP contribution is -2.60. The second-order valence-corrected chi connectivity index (χ2v) is 8.57. The molecule has 0 amide bonds. The minimum atomic E-state index is -4.00. The van der Waals surface area contributed by atoms with Gasteiger partial charge < -0.3 is 19.3 Å². The van der Waals surface area contributed by atoms with Gasteiger partial charge in [-0.1, -0.05) is 36.4 Å². The van der Waals surface area contributed by atoms with Crippen molar-refractivity contribution >= 4 is 22.1 Å². The molecule has 0 aromatic heterocycles. The Bertz CT molecular complexity index is 1010. The summed E-state index contributed by atoms with van der Waals surface area (Å²) in [6.07, 6.45) is -6.22. The summed E-state index contributed by atoms with van der Waals surface area (Å²) >= 11 is 0. The fraction of sp³-hybridized carbons (Fsp3) is 0.333. The first kappa shape index (κ1) is 22.9. The minimum Gasteiger partial charge on any atom is -0.452 e. The van der Waals surface area contributed by atoms with Crippen LogP contribution in [0.25, 0.3) is 0 Å². The van der Waals surface area contributed by atoms with Gasteiger partial charge in [-0.25, -0.2) is 9.59 Å². The number of hydrogen-bond acceptors (Lipinski definition) is 9. The number of benzene rings is 2. The number of ether oxygens (including phenoxy) is 3. The van der Waals surface area contributed by atoms with Gasteiger partial charge in [0.15, 0.2) is 18.5 Å². The summed E-state index contributed by atoms with van der Waals surface area (Å²) in [4.78, 5) is 25.2. The van der Waals surface area contributed by atoms with E-state index in [0.29, 0.717) is 0 Å². The van der Waals surface area contributed by atoms with Crippen molar-refractivity contribution in [2.24, 2.45) is 0 Å². The predicted octanol–water partition coefficient (Wildman–Crippen LogP) is 1.52. The molecule has 1 aliphatic rings. The van der Waals surface area contributed by atoms with Gasteiger partial charge >= 0.3 is 11.9 Å². The summed E-state index contributed by atoms with van der Waals surface area (Å²) in [5.41, 5.74) is 0.365. The molecule has 1 N–H and O–H groups in total. The molecule has 0 saturated carbocycles. The van der Waals surface area contributed by atoms with E-state index in [1.54, 1.807) is 36.4 Å². The molecule has 1 fully saturated rings. The highest BCUT2D eigenvalue weighted by molar-refractivity contribution is 7.86. The smallest absolute Gasteiger partial charge is 0.338 e. The van der Waals surface area contributed by atoms with E-state index in [1.807, 2.05) is 0 Å². The first-order valence-electron chi connectivity index (χ1n) is 9.39. The Kier molecular flexibility index (Phi) is 7.06. The normalized spacial score (nSPS) is 26.1. The Hall–Kier alpha value is -2.79. The van der Waals surface area contributed by atoms with Crippen LogP contribution in [0.15, 0.2) is 60.7 Å². The highest BCUT2D eigenvalue weighted by Crippen LogP contribution is 2.29. The lowest BCUT2D eigenvalue weighted by atomic mass is 9.99. The molecule has 10 heteroatoms. The summed E-state index contributed by atoms with van der Waals surface area (Å²) in [5, 5.41) is 10.4. The van der Waals surface area contributed by atoms with Gasteiger partial charge in [0.05, 0.1) is 23.5 Å². The van der Waals surface area contributed by atoms with E-state index in [9.17, 15) is 23.1 Å². The second kappa shape index (κ2) is 9.56. The molecule has 2 aromatic rings. The molecule has 0 spiro atoms. The van der Waals surface area contributed by atoms with Crippen LogP contribution in [0.1, 0.15) is 27.6 Å². The van der Waals surface area contributed by atoms with Crippen LogP contribution in [-0.4, -0.2) is 62.4 Å². The van der Waals surface area contributed by atoms with Crippen molar-refractivity contribution in [3.8, 4) is 0 Å². The molecule has 0 radical (unpaired) electrons. The number of hydrogen-bond donors (Lipinski definition) is 1. The standard InChI is InChI=1S/C21H22O9S/c1-13-16(30-31(2,25)26)17(28-19(22)14-9-5-3-6-10-14)18(21(24)27-13)29-20(23)15-11-7-4-8-12-15/h3-13,16-18,21,24H,1-2H3/t13-,16+,17+,18-,21+/m1/s1. The molecule has 0 aliphatic carbocycles. The second-order valence-electron chi connectivity index (χ2n) is 6.97. The maximum atomic E-state index is 12.6. The Morgan fingerprint density at radius 3 is 1.74 bits per heavy atom. The largest absolute Gasteiger partial charge is 0.452 e. The number of carbonyl (C=O) groups excluding carboxylic acids is 2. The summed E-state index contributed by atoms with van der Waals surface area (Å²) in [5.74, 6) is -1.63. The Balaban J connectivity index is 1.92. The van der Waals surface area contributed by atoms with Gasteiger partial charge in [0.2, 0.25) is 0 Å². The van der Waals surface area contributed by atoms with E-state index in [1.165, 1.54) is 31.2 Å². The van der Waals surface area contributed by atoms with Crippen LogP contribution in [0.3, 0.4) is 0 Å². The molecule has 166 valence electrons. The van der Waals surface area contributed by atoms with Gasteiger partial charge in [0.25, 0.3) is 10.1 Å². The van der Waals surface area contributed by atoms with Crippen molar-refractivity contribution in [1.82, 2.24) is 0 Å². The van der Waals surface area contributed by atoms with Crippen LogP contribution in [0.5, 0.6) is 0 Å². The van der Waals surface area contributed by atoms with Crippen molar-refractivity contribution in [2.75, 3.05) is 6.26 Å². The summed E-state index contributed by atoms with van der Waals surface area (Å²) < 4.78 is 44.8. The van der Waals surface area contributed by atoms with E-state index >= 15 is 0 Å². The van der Waals surface area contributed by atoms with Crippen LogP contribution in [0.2, 0.25) is 0 Å². The highest BCUT2D eigenvalue weighted by Gasteiger charge is 2.50. The zero-order valence-electron chi connectivity index (χ0n) is 16.8.